The first-order valence-corrected chi connectivity index (χ1v) is 23.3. The van der Waals surface area contributed by atoms with E-state index < -0.39 is 95.9 Å². The van der Waals surface area contributed by atoms with Gasteiger partial charge >= 0.3 is 33.5 Å². The lowest BCUT2D eigenvalue weighted by Gasteiger charge is -2.42. The number of hydrogen-bond acceptors (Lipinski definition) is 5. The Morgan fingerprint density at radius 2 is 0.923 bits per heavy atom. The molecule has 0 atom stereocenters. The molecule has 0 aliphatic rings. The fourth-order valence-corrected chi connectivity index (χ4v) is 17.7. The molecule has 0 amide bonds. The summed E-state index contributed by atoms with van der Waals surface area (Å²) in [6, 6.07) is -1.62. The summed E-state index contributed by atoms with van der Waals surface area (Å²) in [5, 5.41) is 0. The first kappa shape index (κ1) is 38.3. The van der Waals surface area contributed by atoms with E-state index in [0.717, 1.165) is 0 Å². The quantitative estimate of drug-likeness (QED) is 0.0946. The second-order valence-corrected chi connectivity index (χ2v) is 26.9. The molecular formula is C21H39F9O5Si4. The summed E-state index contributed by atoms with van der Waals surface area (Å²) in [6.45, 7) is 13.5. The molecule has 0 saturated carbocycles. The van der Waals surface area contributed by atoms with Crippen LogP contribution < -0.4 is 0 Å². The molecule has 0 aliphatic carbocycles. The van der Waals surface area contributed by atoms with Crippen LogP contribution in [0.5, 0.6) is 0 Å². The van der Waals surface area contributed by atoms with Crippen molar-refractivity contribution in [2.24, 2.45) is 0 Å². The van der Waals surface area contributed by atoms with E-state index in [-0.39, 0.29) is 12.0 Å². The predicted molar refractivity (Wildman–Crippen MR) is 138 cm³/mol. The number of carbonyl (C=O) groups excluding carboxylic acids is 1. The van der Waals surface area contributed by atoms with E-state index in [4.69, 9.17) is 16.8 Å². The summed E-state index contributed by atoms with van der Waals surface area (Å²) in [7, 11) is -15.5. The molecule has 0 unspecified atom stereocenters. The van der Waals surface area contributed by atoms with Crippen molar-refractivity contribution < 1.29 is 61.1 Å². The van der Waals surface area contributed by atoms with Crippen LogP contribution in [0.1, 0.15) is 39.0 Å². The zero-order chi connectivity index (χ0) is 31.1. The van der Waals surface area contributed by atoms with Gasteiger partial charge in [0, 0.05) is 24.8 Å². The third-order valence-corrected chi connectivity index (χ3v) is 19.7. The maximum absolute atomic E-state index is 13.0. The molecule has 0 radical (unpaired) electrons. The van der Waals surface area contributed by atoms with E-state index in [1.165, 1.54) is 39.3 Å². The van der Waals surface area contributed by atoms with E-state index in [2.05, 4.69) is 6.58 Å². The van der Waals surface area contributed by atoms with Gasteiger partial charge in [0.25, 0.3) is 0 Å². The van der Waals surface area contributed by atoms with Gasteiger partial charge in [-0.1, -0.05) is 19.9 Å². The van der Waals surface area contributed by atoms with Gasteiger partial charge < -0.3 is 16.8 Å². The van der Waals surface area contributed by atoms with E-state index in [1.54, 1.807) is 6.92 Å². The fourth-order valence-electron chi connectivity index (χ4n) is 3.21. The number of alkyl halides is 9. The second-order valence-electron chi connectivity index (χ2n) is 11.2. The van der Waals surface area contributed by atoms with Crippen molar-refractivity contribution in [3.8, 4) is 0 Å². The first-order valence-electron chi connectivity index (χ1n) is 12.3. The Bertz CT molecular complexity index is 734. The lowest BCUT2D eigenvalue weighted by atomic mass is 10.2. The summed E-state index contributed by atoms with van der Waals surface area (Å²) >= 11 is 0. The maximum Gasteiger partial charge on any atom is 0.719 e. The smallest absolute Gasteiger partial charge is 0.450 e. The van der Waals surface area contributed by atoms with Gasteiger partial charge in [0.1, 0.15) is 0 Å². The zero-order valence-corrected chi connectivity index (χ0v) is 27.3. The van der Waals surface area contributed by atoms with Crippen LogP contribution >= 0.6 is 0 Å². The minimum atomic E-state index is -4.97. The Morgan fingerprint density at radius 1 is 0.641 bits per heavy atom. The van der Waals surface area contributed by atoms with Crippen LogP contribution in [0, 0.1) is 0 Å². The van der Waals surface area contributed by atoms with Crippen LogP contribution in [0.25, 0.3) is 0 Å². The number of carbonyl (C=O) groups is 1. The molecule has 0 bridgehead atoms. The summed E-state index contributed by atoms with van der Waals surface area (Å²) in [4.78, 5) is 12.9. The molecule has 18 heteroatoms. The molecule has 0 spiro atoms. The second kappa shape index (κ2) is 14.0. The molecule has 232 valence electrons. The Labute approximate surface area is 228 Å². The Kier molecular flexibility index (Phi) is 13.8. The highest BCUT2D eigenvalue weighted by atomic mass is 28.5. The lowest BCUT2D eigenvalue weighted by molar-refractivity contribution is -0.137. The summed E-state index contributed by atoms with van der Waals surface area (Å²) in [5.41, 5.74) is -0.0792. The molecule has 0 aromatic heterocycles. The van der Waals surface area contributed by atoms with Gasteiger partial charge in [-0.25, -0.2) is 4.79 Å². The number of hydrogen-bond donors (Lipinski definition) is 0. The first-order chi connectivity index (χ1) is 17.1. The Balaban J connectivity index is 6.67. The topological polar surface area (TPSA) is 54.0 Å². The average Bonchev–Trinajstić information content (AvgIpc) is 2.67. The monoisotopic (exact) mass is 654 g/mol. The standard InChI is InChI=1S/C21H39F9O5Si4/c1-9-10-17(2)18(31)32-39(33-36(3,4)14-11-19(22,23)24,34-37(5,6)15-12-20(25,26)27)35-38(7,8)16-13-21(28,29)30/h2,9-16H2,1,3-8H3. The van der Waals surface area contributed by atoms with Gasteiger partial charge in [-0.2, -0.15) is 39.5 Å². The summed E-state index contributed by atoms with van der Waals surface area (Å²) in [5.74, 6) is -1.09. The van der Waals surface area contributed by atoms with Crippen molar-refractivity contribution in [3.05, 3.63) is 12.2 Å². The predicted octanol–water partition coefficient (Wildman–Crippen LogP) is 8.84. The Hall–Kier alpha value is -0.672. The van der Waals surface area contributed by atoms with Gasteiger partial charge in [-0.05, 0) is 63.8 Å². The summed E-state index contributed by atoms with van der Waals surface area (Å²) < 4.78 is 141. The van der Waals surface area contributed by atoms with Crippen molar-refractivity contribution in [3.63, 3.8) is 0 Å². The molecule has 0 aromatic carbocycles. The van der Waals surface area contributed by atoms with Crippen molar-refractivity contribution in [1.29, 1.82) is 0 Å². The van der Waals surface area contributed by atoms with Gasteiger partial charge in [0.05, 0.1) is 0 Å². The molecule has 39 heavy (non-hydrogen) atoms. The van der Waals surface area contributed by atoms with E-state index in [1.807, 2.05) is 0 Å². The van der Waals surface area contributed by atoms with Crippen LogP contribution in [0.15, 0.2) is 12.2 Å². The highest BCUT2D eigenvalue weighted by molar-refractivity contribution is 6.89. The van der Waals surface area contributed by atoms with Crippen LogP contribution in [-0.2, 0) is 21.6 Å². The minimum Gasteiger partial charge on any atom is -0.450 e. The lowest BCUT2D eigenvalue weighted by Crippen LogP contribution is -2.64. The maximum atomic E-state index is 13.0. The van der Waals surface area contributed by atoms with Crippen LogP contribution in [0.3, 0.4) is 0 Å². The summed E-state index contributed by atoms with van der Waals surface area (Å²) in [6.07, 6.45) is -16.9. The van der Waals surface area contributed by atoms with E-state index >= 15 is 0 Å². The van der Waals surface area contributed by atoms with Gasteiger partial charge in [0.15, 0.2) is 25.0 Å². The zero-order valence-electron chi connectivity index (χ0n) is 23.3. The molecule has 0 saturated heterocycles. The third kappa shape index (κ3) is 18.4. The number of halogens is 9. The molecule has 5 nitrogen and oxygen atoms in total. The third-order valence-electron chi connectivity index (χ3n) is 5.29. The molecule has 0 aromatic rings. The van der Waals surface area contributed by atoms with Crippen LogP contribution in [-0.4, -0.2) is 58.5 Å². The van der Waals surface area contributed by atoms with Gasteiger partial charge in [-0.3, -0.25) is 0 Å². The van der Waals surface area contributed by atoms with Crippen molar-refractivity contribution in [1.82, 2.24) is 0 Å². The average molecular weight is 655 g/mol. The van der Waals surface area contributed by atoms with E-state index in [0.29, 0.717) is 6.42 Å². The SMILES string of the molecule is C=C(CCC)C(=O)O[Si](O[Si](C)(C)CCC(F)(F)F)(O[Si](C)(C)CCC(F)(F)F)O[Si](C)(C)CCC(F)(F)F. The Morgan fingerprint density at radius 3 is 1.15 bits per heavy atom. The van der Waals surface area contributed by atoms with Crippen molar-refractivity contribution >= 4 is 40.0 Å². The minimum absolute atomic E-state index is 0.0792. The fraction of sp³-hybridized carbons (Fsp3) is 0.857. The van der Waals surface area contributed by atoms with Crippen molar-refractivity contribution in [2.75, 3.05) is 0 Å². The molecule has 0 heterocycles. The molecule has 0 aliphatic heterocycles. The number of rotatable bonds is 16. The molecule has 0 N–H and O–H groups in total. The van der Waals surface area contributed by atoms with Gasteiger partial charge in [0.2, 0.25) is 0 Å². The van der Waals surface area contributed by atoms with Gasteiger partial charge in [-0.15, -0.1) is 0 Å². The van der Waals surface area contributed by atoms with Crippen LogP contribution in [0.2, 0.25) is 57.4 Å². The highest BCUT2D eigenvalue weighted by Gasteiger charge is 2.60. The van der Waals surface area contributed by atoms with E-state index in [9.17, 15) is 44.3 Å². The molecule has 0 fully saturated rings. The molecule has 0 rings (SSSR count). The largest absolute Gasteiger partial charge is 0.719 e. The van der Waals surface area contributed by atoms with Crippen molar-refractivity contribution in [2.45, 2.75) is 115 Å². The highest BCUT2D eigenvalue weighted by Crippen LogP contribution is 2.36. The molecular weight excluding hydrogens is 616 g/mol. The normalized spacial score (nSPS) is 14.5. The van der Waals surface area contributed by atoms with Crippen LogP contribution in [0.4, 0.5) is 39.5 Å².